The van der Waals surface area contributed by atoms with Gasteiger partial charge in [-0.1, -0.05) is 18.2 Å². The van der Waals surface area contributed by atoms with E-state index in [4.69, 9.17) is 4.74 Å². The topological polar surface area (TPSA) is 65.4 Å². The Morgan fingerprint density at radius 3 is 2.63 bits per heavy atom. The number of nitriles is 1. The minimum Gasteiger partial charge on any atom is -0.378 e. The molecule has 0 bridgehead atoms. The molecule has 1 aliphatic rings. The minimum atomic E-state index is -0.403. The maximum Gasteiger partial charge on any atom is 0.266 e. The second-order valence-electron chi connectivity index (χ2n) is 6.63. The van der Waals surface area contributed by atoms with Gasteiger partial charge in [0.05, 0.1) is 13.2 Å². The highest BCUT2D eigenvalue weighted by Crippen LogP contribution is 2.22. The average molecular weight is 361 g/mol. The van der Waals surface area contributed by atoms with Crippen LogP contribution in [0.25, 0.3) is 6.08 Å². The molecule has 0 aromatic heterocycles. The molecule has 0 saturated carbocycles. The Labute approximate surface area is 159 Å². The zero-order chi connectivity index (χ0) is 19.2. The van der Waals surface area contributed by atoms with Gasteiger partial charge in [-0.2, -0.15) is 5.26 Å². The monoisotopic (exact) mass is 361 g/mol. The predicted octanol–water partition coefficient (Wildman–Crippen LogP) is 3.69. The van der Waals surface area contributed by atoms with Crippen LogP contribution in [0.2, 0.25) is 0 Å². The number of nitrogens with one attached hydrogen (secondary N) is 1. The van der Waals surface area contributed by atoms with Crippen molar-refractivity contribution in [2.24, 2.45) is 0 Å². The lowest BCUT2D eigenvalue weighted by atomic mass is 10.0. The summed E-state index contributed by atoms with van der Waals surface area (Å²) in [6.07, 6.45) is 1.64. The number of morpholine rings is 1. The van der Waals surface area contributed by atoms with Crippen LogP contribution >= 0.6 is 0 Å². The molecule has 138 valence electrons. The second kappa shape index (κ2) is 8.52. The molecule has 1 saturated heterocycles. The molecule has 2 aromatic rings. The molecule has 27 heavy (non-hydrogen) atoms. The first-order chi connectivity index (χ1) is 13.1. The van der Waals surface area contributed by atoms with E-state index in [-0.39, 0.29) is 5.57 Å². The summed E-state index contributed by atoms with van der Waals surface area (Å²) in [5.41, 5.74) is 4.83. The Hall–Kier alpha value is -3.10. The van der Waals surface area contributed by atoms with E-state index >= 15 is 0 Å². The first-order valence-electron chi connectivity index (χ1n) is 9.00. The standard InChI is InChI=1S/C22H23N3O2/c1-16-4-3-5-20(12-16)24-22(26)19(15-23)14-18-6-7-21(13-17(18)2)25-8-10-27-11-9-25/h3-7,12-14H,8-11H2,1-2H3,(H,24,26)/b19-14-. The van der Waals surface area contributed by atoms with E-state index in [1.54, 1.807) is 6.08 Å². The fourth-order valence-corrected chi connectivity index (χ4v) is 3.07. The van der Waals surface area contributed by atoms with Crippen molar-refractivity contribution in [3.05, 3.63) is 64.7 Å². The molecule has 0 radical (unpaired) electrons. The van der Waals surface area contributed by atoms with Crippen molar-refractivity contribution in [1.82, 2.24) is 0 Å². The zero-order valence-electron chi connectivity index (χ0n) is 15.7. The van der Waals surface area contributed by atoms with Crippen molar-refractivity contribution >= 4 is 23.4 Å². The lowest BCUT2D eigenvalue weighted by molar-refractivity contribution is -0.112. The molecule has 1 N–H and O–H groups in total. The number of carbonyl (C=O) groups is 1. The van der Waals surface area contributed by atoms with Gasteiger partial charge in [0.1, 0.15) is 11.6 Å². The van der Waals surface area contributed by atoms with Crippen molar-refractivity contribution in [3.8, 4) is 6.07 Å². The smallest absolute Gasteiger partial charge is 0.266 e. The lowest BCUT2D eigenvalue weighted by Crippen LogP contribution is -2.36. The van der Waals surface area contributed by atoms with Crippen LogP contribution in [0.1, 0.15) is 16.7 Å². The van der Waals surface area contributed by atoms with E-state index < -0.39 is 5.91 Å². The maximum absolute atomic E-state index is 12.5. The first kappa shape index (κ1) is 18.7. The predicted molar refractivity (Wildman–Crippen MR) is 108 cm³/mol. The van der Waals surface area contributed by atoms with Crippen molar-refractivity contribution in [1.29, 1.82) is 5.26 Å². The Balaban J connectivity index is 1.78. The summed E-state index contributed by atoms with van der Waals surface area (Å²) in [5, 5.41) is 12.2. The highest BCUT2D eigenvalue weighted by molar-refractivity contribution is 6.09. The third-order valence-corrected chi connectivity index (χ3v) is 4.57. The molecule has 0 atom stereocenters. The van der Waals surface area contributed by atoms with E-state index in [1.807, 2.05) is 56.3 Å². The quantitative estimate of drug-likeness (QED) is 0.666. The van der Waals surface area contributed by atoms with Gasteiger partial charge in [-0.05, 0) is 60.9 Å². The molecule has 0 spiro atoms. The maximum atomic E-state index is 12.5. The summed E-state index contributed by atoms with van der Waals surface area (Å²) in [6, 6.07) is 15.6. The van der Waals surface area contributed by atoms with Gasteiger partial charge in [-0.15, -0.1) is 0 Å². The van der Waals surface area contributed by atoms with Gasteiger partial charge >= 0.3 is 0 Å². The highest BCUT2D eigenvalue weighted by atomic mass is 16.5. The van der Waals surface area contributed by atoms with Gasteiger partial charge in [0.15, 0.2) is 0 Å². The average Bonchev–Trinajstić information content (AvgIpc) is 2.67. The van der Waals surface area contributed by atoms with Gasteiger partial charge in [0, 0.05) is 24.5 Å². The van der Waals surface area contributed by atoms with E-state index in [2.05, 4.69) is 16.3 Å². The largest absolute Gasteiger partial charge is 0.378 e. The minimum absolute atomic E-state index is 0.0822. The Morgan fingerprint density at radius 1 is 1.19 bits per heavy atom. The van der Waals surface area contributed by atoms with Crippen molar-refractivity contribution in [2.75, 3.05) is 36.5 Å². The number of hydrogen-bond donors (Lipinski definition) is 1. The number of benzene rings is 2. The molecule has 1 heterocycles. The molecule has 1 aliphatic heterocycles. The van der Waals surface area contributed by atoms with Gasteiger partial charge in [-0.25, -0.2) is 0 Å². The molecular weight excluding hydrogens is 338 g/mol. The van der Waals surface area contributed by atoms with Crippen LogP contribution in [0, 0.1) is 25.2 Å². The van der Waals surface area contributed by atoms with Crippen LogP contribution in [0.4, 0.5) is 11.4 Å². The van der Waals surface area contributed by atoms with Crippen molar-refractivity contribution in [3.63, 3.8) is 0 Å². The van der Waals surface area contributed by atoms with E-state index in [9.17, 15) is 10.1 Å². The van der Waals surface area contributed by atoms with Gasteiger partial charge in [-0.3, -0.25) is 4.79 Å². The van der Waals surface area contributed by atoms with Crippen LogP contribution < -0.4 is 10.2 Å². The molecule has 2 aromatic carbocycles. The number of carbonyl (C=O) groups excluding carboxylic acids is 1. The number of aryl methyl sites for hydroxylation is 2. The highest BCUT2D eigenvalue weighted by Gasteiger charge is 2.13. The first-order valence-corrected chi connectivity index (χ1v) is 9.00. The fourth-order valence-electron chi connectivity index (χ4n) is 3.07. The van der Waals surface area contributed by atoms with Crippen LogP contribution in [0.15, 0.2) is 48.0 Å². The summed E-state index contributed by atoms with van der Waals surface area (Å²) in [4.78, 5) is 14.7. The Morgan fingerprint density at radius 2 is 1.96 bits per heavy atom. The van der Waals surface area contributed by atoms with Crippen LogP contribution in [-0.2, 0) is 9.53 Å². The Bertz CT molecular complexity index is 906. The number of nitrogens with zero attached hydrogens (tertiary/aromatic N) is 2. The second-order valence-corrected chi connectivity index (χ2v) is 6.63. The van der Waals surface area contributed by atoms with E-state index in [0.29, 0.717) is 5.69 Å². The molecule has 5 nitrogen and oxygen atoms in total. The van der Waals surface area contributed by atoms with Crippen LogP contribution in [0.5, 0.6) is 0 Å². The number of rotatable bonds is 4. The van der Waals surface area contributed by atoms with E-state index in [0.717, 1.165) is 48.7 Å². The number of amides is 1. The lowest BCUT2D eigenvalue weighted by Gasteiger charge is -2.29. The van der Waals surface area contributed by atoms with Crippen LogP contribution in [-0.4, -0.2) is 32.2 Å². The van der Waals surface area contributed by atoms with Crippen LogP contribution in [0.3, 0.4) is 0 Å². The zero-order valence-corrected chi connectivity index (χ0v) is 15.7. The SMILES string of the molecule is Cc1cccc(NC(=O)/C(C#N)=C\c2ccc(N3CCOCC3)cc2C)c1. The molecule has 5 heteroatoms. The summed E-state index contributed by atoms with van der Waals surface area (Å²) < 4.78 is 5.39. The molecule has 0 aliphatic carbocycles. The van der Waals surface area contributed by atoms with Gasteiger partial charge < -0.3 is 15.0 Å². The summed E-state index contributed by atoms with van der Waals surface area (Å²) in [5.74, 6) is -0.403. The Kier molecular flexibility index (Phi) is 5.90. The molecule has 3 rings (SSSR count). The third-order valence-electron chi connectivity index (χ3n) is 4.57. The summed E-state index contributed by atoms with van der Waals surface area (Å²) in [7, 11) is 0. The number of hydrogen-bond acceptors (Lipinski definition) is 4. The number of anilines is 2. The number of ether oxygens (including phenoxy) is 1. The third kappa shape index (κ3) is 4.75. The summed E-state index contributed by atoms with van der Waals surface area (Å²) >= 11 is 0. The normalized spacial score (nSPS) is 14.6. The molecule has 1 amide bonds. The van der Waals surface area contributed by atoms with Crippen molar-refractivity contribution in [2.45, 2.75) is 13.8 Å². The molecule has 0 unspecified atom stereocenters. The van der Waals surface area contributed by atoms with Gasteiger partial charge in [0.2, 0.25) is 0 Å². The van der Waals surface area contributed by atoms with Gasteiger partial charge in [0.25, 0.3) is 5.91 Å². The molecule has 1 fully saturated rings. The van der Waals surface area contributed by atoms with Crippen molar-refractivity contribution < 1.29 is 9.53 Å². The fraction of sp³-hybridized carbons (Fsp3) is 0.273. The summed E-state index contributed by atoms with van der Waals surface area (Å²) in [6.45, 7) is 7.16. The molecular formula is C22H23N3O2. The van der Waals surface area contributed by atoms with E-state index in [1.165, 1.54) is 0 Å².